The second-order valence-corrected chi connectivity index (χ2v) is 4.15. The highest BCUT2D eigenvalue weighted by Crippen LogP contribution is 2.20. The van der Waals surface area contributed by atoms with Crippen LogP contribution in [0.2, 0.25) is 0 Å². The summed E-state index contributed by atoms with van der Waals surface area (Å²) in [5, 5.41) is 0. The molecule has 0 aliphatic heterocycles. The Morgan fingerprint density at radius 1 is 1.25 bits per heavy atom. The molecule has 1 aromatic rings. The van der Waals surface area contributed by atoms with E-state index in [1.54, 1.807) is 0 Å². The van der Waals surface area contributed by atoms with Crippen molar-refractivity contribution >= 4 is 0 Å². The predicted octanol–water partition coefficient (Wildman–Crippen LogP) is 3.59. The molecule has 65 valence electrons. The highest BCUT2D eigenvalue weighted by Gasteiger charge is 2.09. The van der Waals surface area contributed by atoms with Gasteiger partial charge in [-0.15, -0.1) is 0 Å². The molecule has 0 atom stereocenters. The minimum absolute atomic E-state index is 0. The van der Waals surface area contributed by atoms with Crippen molar-refractivity contribution in [1.82, 2.24) is 0 Å². The van der Waals surface area contributed by atoms with Crippen LogP contribution in [0.5, 0.6) is 0 Å². The fraction of sp³-hybridized carbons (Fsp3) is 0.417. The van der Waals surface area contributed by atoms with Crippen LogP contribution in [-0.2, 0) is 6.42 Å². The number of hydrogen-bond donors (Lipinski definition) is 0. The summed E-state index contributed by atoms with van der Waals surface area (Å²) in [6, 6.07) is 10.6. The molecule has 0 spiro atoms. The van der Waals surface area contributed by atoms with Crippen LogP contribution in [0.15, 0.2) is 30.3 Å². The van der Waals surface area contributed by atoms with E-state index in [2.05, 4.69) is 51.1 Å². The molecule has 1 radical (unpaired) electrons. The Hall–Kier alpha value is -0.780. The summed E-state index contributed by atoms with van der Waals surface area (Å²) in [6.45, 7) is 8.44. The van der Waals surface area contributed by atoms with Crippen LogP contribution in [-0.4, -0.2) is 0 Å². The van der Waals surface area contributed by atoms with Crippen molar-refractivity contribution in [3.05, 3.63) is 42.8 Å². The minimum Gasteiger partial charge on any atom is -0.0622 e. The molecule has 0 N–H and O–H groups in total. The Morgan fingerprint density at radius 2 is 1.83 bits per heavy atom. The molecule has 0 aromatic heterocycles. The number of benzene rings is 1. The van der Waals surface area contributed by atoms with Gasteiger partial charge in [0, 0.05) is 0 Å². The average molecular weight is 162 g/mol. The summed E-state index contributed by atoms with van der Waals surface area (Å²) in [4.78, 5) is 0. The Morgan fingerprint density at radius 3 is 2.33 bits per heavy atom. The number of hydrogen-bond acceptors (Lipinski definition) is 0. The third kappa shape index (κ3) is 3.56. The lowest BCUT2D eigenvalue weighted by atomic mass is 9.89. The summed E-state index contributed by atoms with van der Waals surface area (Å²) >= 11 is 0. The Labute approximate surface area is 77.1 Å². The standard InChI is InChI=1S/C12H17/c1-12(2,3)10-9-11-7-5-4-6-8-11/h4-8H,1,9-10H2,2-3H3/p+1. The maximum atomic E-state index is 4.09. The number of aryl methyl sites for hydroxylation is 1. The van der Waals surface area contributed by atoms with Gasteiger partial charge in [-0.05, 0) is 30.7 Å². The zero-order valence-electron chi connectivity index (χ0n) is 9.01. The van der Waals surface area contributed by atoms with Gasteiger partial charge in [-0.25, -0.2) is 0 Å². The molecular weight excluding hydrogens is 144 g/mol. The van der Waals surface area contributed by atoms with Crippen LogP contribution in [0.4, 0.5) is 0 Å². The summed E-state index contributed by atoms with van der Waals surface area (Å²) in [5.41, 5.74) is 1.62. The van der Waals surface area contributed by atoms with Gasteiger partial charge in [-0.2, -0.15) is 0 Å². The van der Waals surface area contributed by atoms with E-state index in [0.717, 1.165) is 12.8 Å². The van der Waals surface area contributed by atoms with Crippen LogP contribution >= 0.6 is 0 Å². The SMILES string of the molecule is [CH2]C(C)(C)CCc1ccccc1.[H+]. The van der Waals surface area contributed by atoms with Crippen LogP contribution in [0.25, 0.3) is 0 Å². The molecule has 0 unspecified atom stereocenters. The van der Waals surface area contributed by atoms with Crippen LogP contribution < -0.4 is 0 Å². The van der Waals surface area contributed by atoms with Gasteiger partial charge in [0.05, 0.1) is 0 Å². The fourth-order valence-corrected chi connectivity index (χ4v) is 1.13. The first-order chi connectivity index (χ1) is 5.58. The van der Waals surface area contributed by atoms with Gasteiger partial charge in [0.1, 0.15) is 0 Å². The van der Waals surface area contributed by atoms with Crippen molar-refractivity contribution in [3.63, 3.8) is 0 Å². The Kier molecular flexibility index (Phi) is 2.91. The van der Waals surface area contributed by atoms with Crippen LogP contribution in [0.3, 0.4) is 0 Å². The van der Waals surface area contributed by atoms with E-state index >= 15 is 0 Å². The third-order valence-corrected chi connectivity index (χ3v) is 1.93. The van der Waals surface area contributed by atoms with Gasteiger partial charge in [-0.3, -0.25) is 0 Å². The molecule has 0 aliphatic rings. The van der Waals surface area contributed by atoms with Gasteiger partial charge in [0.15, 0.2) is 0 Å². The first kappa shape index (κ1) is 9.31. The third-order valence-electron chi connectivity index (χ3n) is 1.93. The first-order valence-corrected chi connectivity index (χ1v) is 4.47. The van der Waals surface area contributed by atoms with E-state index < -0.39 is 0 Å². The molecule has 0 saturated carbocycles. The molecule has 0 aliphatic carbocycles. The van der Waals surface area contributed by atoms with Crippen LogP contribution in [0.1, 0.15) is 27.3 Å². The van der Waals surface area contributed by atoms with E-state index in [1.165, 1.54) is 5.56 Å². The topological polar surface area (TPSA) is 0 Å². The highest BCUT2D eigenvalue weighted by atomic mass is 14.1. The summed E-state index contributed by atoms with van der Waals surface area (Å²) in [7, 11) is 0. The predicted molar refractivity (Wildman–Crippen MR) is 55.0 cm³/mol. The van der Waals surface area contributed by atoms with Crippen molar-refractivity contribution in [3.8, 4) is 0 Å². The van der Waals surface area contributed by atoms with Crippen LogP contribution in [0, 0.1) is 12.3 Å². The Balaban J connectivity index is 0.00000144. The highest BCUT2D eigenvalue weighted by molar-refractivity contribution is 5.14. The summed E-state index contributed by atoms with van der Waals surface area (Å²) in [6.07, 6.45) is 2.29. The van der Waals surface area contributed by atoms with Gasteiger partial charge >= 0.3 is 1.43 Å². The van der Waals surface area contributed by atoms with Crippen molar-refractivity contribution in [1.29, 1.82) is 0 Å². The maximum absolute atomic E-state index is 4.09. The lowest BCUT2D eigenvalue weighted by Gasteiger charge is -2.17. The molecule has 1 aromatic carbocycles. The van der Waals surface area contributed by atoms with E-state index in [4.69, 9.17) is 0 Å². The zero-order chi connectivity index (χ0) is 9.03. The number of rotatable bonds is 3. The van der Waals surface area contributed by atoms with Gasteiger partial charge in [0.25, 0.3) is 0 Å². The average Bonchev–Trinajstić information content (AvgIpc) is 2.02. The molecule has 0 amide bonds. The van der Waals surface area contributed by atoms with Crippen molar-refractivity contribution < 1.29 is 1.43 Å². The van der Waals surface area contributed by atoms with E-state index in [9.17, 15) is 0 Å². The van der Waals surface area contributed by atoms with Crippen molar-refractivity contribution in [2.24, 2.45) is 5.41 Å². The van der Waals surface area contributed by atoms with Gasteiger partial charge in [0.2, 0.25) is 0 Å². The molecule has 12 heavy (non-hydrogen) atoms. The largest absolute Gasteiger partial charge is 1.00 e. The molecule has 0 bridgehead atoms. The second kappa shape index (κ2) is 3.75. The van der Waals surface area contributed by atoms with Crippen molar-refractivity contribution in [2.45, 2.75) is 26.7 Å². The molecule has 1 rings (SSSR count). The van der Waals surface area contributed by atoms with Crippen molar-refractivity contribution in [2.75, 3.05) is 0 Å². The van der Waals surface area contributed by atoms with Gasteiger partial charge < -0.3 is 0 Å². The maximum Gasteiger partial charge on any atom is 1.00 e. The molecule has 0 nitrogen and oxygen atoms in total. The lowest BCUT2D eigenvalue weighted by Crippen LogP contribution is -2.06. The normalized spacial score (nSPS) is 11.6. The molecule has 0 heterocycles. The molecule has 0 saturated heterocycles. The van der Waals surface area contributed by atoms with Gasteiger partial charge in [-0.1, -0.05) is 44.2 Å². The lowest BCUT2D eigenvalue weighted by molar-refractivity contribution is 0.433. The quantitative estimate of drug-likeness (QED) is 0.637. The monoisotopic (exact) mass is 162 g/mol. The van der Waals surface area contributed by atoms with E-state index in [-0.39, 0.29) is 6.84 Å². The summed E-state index contributed by atoms with van der Waals surface area (Å²) < 4.78 is 0. The first-order valence-electron chi connectivity index (χ1n) is 4.47. The minimum atomic E-state index is 0. The zero-order valence-corrected chi connectivity index (χ0v) is 8.01. The summed E-state index contributed by atoms with van der Waals surface area (Å²) in [5.74, 6) is 0. The van der Waals surface area contributed by atoms with E-state index in [0.29, 0.717) is 0 Å². The molecule has 0 fully saturated rings. The second-order valence-electron chi connectivity index (χ2n) is 4.15. The fourth-order valence-electron chi connectivity index (χ4n) is 1.13. The molecular formula is C12H18+. The smallest absolute Gasteiger partial charge is 0.0622 e. The Bertz CT molecular complexity index is 221. The van der Waals surface area contributed by atoms with E-state index in [1.807, 2.05) is 0 Å². The molecule has 0 heteroatoms.